The van der Waals surface area contributed by atoms with Gasteiger partial charge in [-0.2, -0.15) is 4.98 Å². The van der Waals surface area contributed by atoms with Crippen LogP contribution in [0.2, 0.25) is 0 Å². The predicted molar refractivity (Wildman–Crippen MR) is 79.6 cm³/mol. The van der Waals surface area contributed by atoms with Crippen molar-refractivity contribution in [1.82, 2.24) is 10.1 Å². The van der Waals surface area contributed by atoms with Crippen molar-refractivity contribution in [2.45, 2.75) is 6.42 Å². The third-order valence-electron chi connectivity index (χ3n) is 3.19. The topological polar surface area (TPSA) is 85.2 Å². The monoisotopic (exact) mass is 281 g/mol. The lowest BCUT2D eigenvalue weighted by Crippen LogP contribution is -2.03. The van der Waals surface area contributed by atoms with Gasteiger partial charge >= 0.3 is 0 Å². The molecule has 3 N–H and O–H groups in total. The van der Waals surface area contributed by atoms with Crippen molar-refractivity contribution in [3.63, 3.8) is 0 Å². The van der Waals surface area contributed by atoms with Crippen molar-refractivity contribution in [2.75, 3.05) is 6.54 Å². The SMILES string of the molecule is NCCc1ccccc1-c1nc(-c2cccc(O)c2)no1. The van der Waals surface area contributed by atoms with Gasteiger partial charge in [0.2, 0.25) is 5.82 Å². The normalized spacial score (nSPS) is 10.7. The number of hydrogen-bond donors (Lipinski definition) is 2. The highest BCUT2D eigenvalue weighted by Crippen LogP contribution is 2.26. The van der Waals surface area contributed by atoms with Crippen LogP contribution in [0.1, 0.15) is 5.56 Å². The first-order chi connectivity index (χ1) is 10.3. The Bertz CT molecular complexity index is 753. The minimum atomic E-state index is 0.169. The van der Waals surface area contributed by atoms with Crippen LogP contribution in [-0.4, -0.2) is 21.8 Å². The number of hydrogen-bond acceptors (Lipinski definition) is 5. The van der Waals surface area contributed by atoms with Crippen molar-refractivity contribution in [2.24, 2.45) is 5.73 Å². The average molecular weight is 281 g/mol. The largest absolute Gasteiger partial charge is 0.508 e. The standard InChI is InChI=1S/C16H15N3O2/c17-9-8-11-4-1-2-7-14(11)16-18-15(19-21-16)12-5-3-6-13(20)10-12/h1-7,10,20H,8-9,17H2. The molecule has 0 amide bonds. The molecule has 0 aliphatic heterocycles. The number of aromatic hydroxyl groups is 1. The van der Waals surface area contributed by atoms with E-state index in [-0.39, 0.29) is 5.75 Å². The van der Waals surface area contributed by atoms with Crippen LogP contribution in [-0.2, 0) is 6.42 Å². The summed E-state index contributed by atoms with van der Waals surface area (Å²) in [7, 11) is 0. The Labute approximate surface area is 122 Å². The smallest absolute Gasteiger partial charge is 0.258 e. The number of phenolic OH excluding ortho intramolecular Hbond substituents is 1. The van der Waals surface area contributed by atoms with E-state index >= 15 is 0 Å². The van der Waals surface area contributed by atoms with Crippen LogP contribution in [0.4, 0.5) is 0 Å². The molecule has 0 atom stereocenters. The molecule has 2 aromatic carbocycles. The molecule has 1 heterocycles. The molecule has 0 bridgehead atoms. The Hall–Kier alpha value is -2.66. The van der Waals surface area contributed by atoms with Crippen molar-refractivity contribution in [1.29, 1.82) is 0 Å². The van der Waals surface area contributed by atoms with E-state index in [9.17, 15) is 5.11 Å². The average Bonchev–Trinajstić information content (AvgIpc) is 2.98. The quantitative estimate of drug-likeness (QED) is 0.767. The van der Waals surface area contributed by atoms with Gasteiger partial charge in [-0.15, -0.1) is 0 Å². The molecular formula is C16H15N3O2. The van der Waals surface area contributed by atoms with Gasteiger partial charge < -0.3 is 15.4 Å². The fraction of sp³-hybridized carbons (Fsp3) is 0.125. The molecule has 0 saturated carbocycles. The van der Waals surface area contributed by atoms with E-state index in [1.807, 2.05) is 30.3 Å². The third-order valence-corrected chi connectivity index (χ3v) is 3.19. The molecule has 106 valence electrons. The highest BCUT2D eigenvalue weighted by molar-refractivity contribution is 5.63. The molecule has 3 aromatic rings. The van der Waals surface area contributed by atoms with Crippen molar-refractivity contribution < 1.29 is 9.63 Å². The molecule has 0 aliphatic rings. The zero-order valence-electron chi connectivity index (χ0n) is 11.4. The summed E-state index contributed by atoms with van der Waals surface area (Å²) < 4.78 is 5.35. The van der Waals surface area contributed by atoms with E-state index in [1.165, 1.54) is 0 Å². The molecule has 0 radical (unpaired) electrons. The van der Waals surface area contributed by atoms with Crippen LogP contribution < -0.4 is 5.73 Å². The van der Waals surface area contributed by atoms with E-state index in [0.717, 1.165) is 17.5 Å². The molecule has 5 nitrogen and oxygen atoms in total. The fourth-order valence-corrected chi connectivity index (χ4v) is 2.20. The molecule has 0 unspecified atom stereocenters. The number of nitrogens with two attached hydrogens (primary N) is 1. The number of nitrogens with zero attached hydrogens (tertiary/aromatic N) is 2. The van der Waals surface area contributed by atoms with E-state index in [0.29, 0.717) is 23.8 Å². The van der Waals surface area contributed by atoms with Crippen LogP contribution in [0.5, 0.6) is 5.75 Å². The molecular weight excluding hydrogens is 266 g/mol. The van der Waals surface area contributed by atoms with Crippen LogP contribution in [0.15, 0.2) is 53.1 Å². The summed E-state index contributed by atoms with van der Waals surface area (Å²) in [5.41, 5.74) is 8.30. The summed E-state index contributed by atoms with van der Waals surface area (Å²) in [5.74, 6) is 1.07. The Morgan fingerprint density at radius 3 is 2.76 bits per heavy atom. The van der Waals surface area contributed by atoms with E-state index in [1.54, 1.807) is 18.2 Å². The van der Waals surface area contributed by atoms with Crippen LogP contribution in [0, 0.1) is 0 Å². The van der Waals surface area contributed by atoms with Gasteiger partial charge in [0.15, 0.2) is 0 Å². The lowest BCUT2D eigenvalue weighted by molar-refractivity contribution is 0.432. The second-order valence-corrected chi connectivity index (χ2v) is 4.67. The maximum absolute atomic E-state index is 9.51. The van der Waals surface area contributed by atoms with Crippen molar-refractivity contribution in [3.8, 4) is 28.6 Å². The summed E-state index contributed by atoms with van der Waals surface area (Å²) in [4.78, 5) is 4.41. The van der Waals surface area contributed by atoms with Gasteiger partial charge in [-0.05, 0) is 36.7 Å². The molecule has 5 heteroatoms. The minimum absolute atomic E-state index is 0.169. The first-order valence-electron chi connectivity index (χ1n) is 6.69. The number of aromatic nitrogens is 2. The van der Waals surface area contributed by atoms with Gasteiger partial charge in [-0.3, -0.25) is 0 Å². The highest BCUT2D eigenvalue weighted by Gasteiger charge is 2.13. The third kappa shape index (κ3) is 2.78. The molecule has 1 aromatic heterocycles. The first-order valence-corrected chi connectivity index (χ1v) is 6.69. The zero-order chi connectivity index (χ0) is 14.7. The summed E-state index contributed by atoms with van der Waals surface area (Å²) in [6, 6.07) is 14.6. The highest BCUT2D eigenvalue weighted by atomic mass is 16.5. The molecule has 21 heavy (non-hydrogen) atoms. The van der Waals surface area contributed by atoms with Gasteiger partial charge in [0, 0.05) is 11.1 Å². The van der Waals surface area contributed by atoms with Gasteiger partial charge in [0.25, 0.3) is 5.89 Å². The Balaban J connectivity index is 1.99. The second kappa shape index (κ2) is 5.76. The van der Waals surface area contributed by atoms with Gasteiger partial charge in [0.1, 0.15) is 5.75 Å². The predicted octanol–water partition coefficient (Wildman–Crippen LogP) is 2.61. The van der Waals surface area contributed by atoms with E-state index in [4.69, 9.17) is 10.3 Å². The number of phenols is 1. The fourth-order valence-electron chi connectivity index (χ4n) is 2.20. The van der Waals surface area contributed by atoms with Gasteiger partial charge in [-0.25, -0.2) is 0 Å². The van der Waals surface area contributed by atoms with Crippen LogP contribution in [0.3, 0.4) is 0 Å². The molecule has 3 rings (SSSR count). The molecule has 0 fully saturated rings. The van der Waals surface area contributed by atoms with Gasteiger partial charge in [-0.1, -0.05) is 35.5 Å². The Morgan fingerprint density at radius 1 is 1.10 bits per heavy atom. The second-order valence-electron chi connectivity index (χ2n) is 4.67. The minimum Gasteiger partial charge on any atom is -0.508 e. The van der Waals surface area contributed by atoms with Crippen LogP contribution in [0.25, 0.3) is 22.8 Å². The van der Waals surface area contributed by atoms with Crippen molar-refractivity contribution >= 4 is 0 Å². The molecule has 0 spiro atoms. The Morgan fingerprint density at radius 2 is 1.95 bits per heavy atom. The van der Waals surface area contributed by atoms with E-state index in [2.05, 4.69) is 10.1 Å². The van der Waals surface area contributed by atoms with Crippen molar-refractivity contribution in [3.05, 3.63) is 54.1 Å². The number of rotatable bonds is 4. The summed E-state index contributed by atoms with van der Waals surface area (Å²) in [6.45, 7) is 0.560. The van der Waals surface area contributed by atoms with E-state index < -0.39 is 0 Å². The summed E-state index contributed by atoms with van der Waals surface area (Å²) in [6.07, 6.45) is 0.750. The zero-order valence-corrected chi connectivity index (χ0v) is 11.4. The Kier molecular flexibility index (Phi) is 3.66. The van der Waals surface area contributed by atoms with Crippen LogP contribution >= 0.6 is 0 Å². The van der Waals surface area contributed by atoms with Gasteiger partial charge in [0.05, 0.1) is 0 Å². The summed E-state index contributed by atoms with van der Waals surface area (Å²) >= 11 is 0. The summed E-state index contributed by atoms with van der Waals surface area (Å²) in [5, 5.41) is 13.5. The first kappa shape index (κ1) is 13.3. The maximum Gasteiger partial charge on any atom is 0.258 e. The number of benzene rings is 2. The lowest BCUT2D eigenvalue weighted by Gasteiger charge is -2.03. The lowest BCUT2D eigenvalue weighted by atomic mass is 10.0. The maximum atomic E-state index is 9.51. The molecule has 0 aliphatic carbocycles. The molecule has 0 saturated heterocycles.